The summed E-state index contributed by atoms with van der Waals surface area (Å²) in [5, 5.41) is 26.4. The number of hydrogen-bond donors (Lipinski definition) is 3. The first-order valence-corrected chi connectivity index (χ1v) is 8.71. The molecule has 7 nitrogen and oxygen atoms in total. The summed E-state index contributed by atoms with van der Waals surface area (Å²) in [5.41, 5.74) is 4.94. The van der Waals surface area contributed by atoms with Crippen LogP contribution in [0.1, 0.15) is 84.0 Å². The van der Waals surface area contributed by atoms with E-state index in [-0.39, 0.29) is 42.4 Å². The minimum Gasteiger partial charge on any atom is -0.548 e. The maximum absolute atomic E-state index is 10.2. The van der Waals surface area contributed by atoms with E-state index in [1.807, 2.05) is 0 Å². The molecule has 0 bridgehead atoms. The third-order valence-corrected chi connectivity index (χ3v) is 3.47. The van der Waals surface area contributed by atoms with Crippen molar-refractivity contribution in [2.45, 2.75) is 90.0 Å². The van der Waals surface area contributed by atoms with Crippen LogP contribution in [0, 0.1) is 0 Å². The van der Waals surface area contributed by atoms with Crippen molar-refractivity contribution >= 4 is 17.9 Å². The van der Waals surface area contributed by atoms with Crippen LogP contribution >= 0.6 is 0 Å². The Morgan fingerprint density at radius 2 is 1.24 bits per heavy atom. The van der Waals surface area contributed by atoms with E-state index in [0.717, 1.165) is 12.8 Å². The first-order valence-electron chi connectivity index (χ1n) is 8.71. The molecule has 1 atom stereocenters. The van der Waals surface area contributed by atoms with Gasteiger partial charge in [-0.1, -0.05) is 58.3 Å². The van der Waals surface area contributed by atoms with Crippen molar-refractivity contribution in [3.8, 4) is 0 Å². The van der Waals surface area contributed by atoms with Gasteiger partial charge in [0.2, 0.25) is 0 Å². The van der Waals surface area contributed by atoms with Crippen molar-refractivity contribution in [3.05, 3.63) is 0 Å². The van der Waals surface area contributed by atoms with Gasteiger partial charge in [0, 0.05) is 18.9 Å². The van der Waals surface area contributed by atoms with Crippen molar-refractivity contribution < 1.29 is 59.3 Å². The Labute approximate surface area is 172 Å². The first-order chi connectivity index (χ1) is 11.3. The molecule has 0 aromatic rings. The van der Waals surface area contributed by atoms with Gasteiger partial charge in [-0.25, -0.2) is 0 Å². The SMILES string of the molecule is CCCCCCCCCCCC(=O)O.N[C@@H](CCC(=O)O)C(=O)[O-].[Na+]. The summed E-state index contributed by atoms with van der Waals surface area (Å²) in [7, 11) is 0. The number of hydrogen-bond acceptors (Lipinski definition) is 5. The van der Waals surface area contributed by atoms with E-state index in [1.54, 1.807) is 0 Å². The topological polar surface area (TPSA) is 141 Å². The summed E-state index contributed by atoms with van der Waals surface area (Å²) in [6.07, 6.45) is 11.2. The van der Waals surface area contributed by atoms with E-state index < -0.39 is 23.9 Å². The number of unbranched alkanes of at least 4 members (excludes halogenated alkanes) is 8. The predicted octanol–water partition coefficient (Wildman–Crippen LogP) is -1.08. The zero-order valence-corrected chi connectivity index (χ0v) is 17.7. The van der Waals surface area contributed by atoms with Gasteiger partial charge in [-0.15, -0.1) is 0 Å². The van der Waals surface area contributed by atoms with Crippen LogP contribution in [0.2, 0.25) is 0 Å². The number of rotatable bonds is 14. The van der Waals surface area contributed by atoms with Gasteiger partial charge < -0.3 is 25.8 Å². The average Bonchev–Trinajstić information content (AvgIpc) is 2.51. The van der Waals surface area contributed by atoms with Crippen LogP contribution in [-0.4, -0.2) is 34.2 Å². The molecule has 0 rings (SSSR count). The molecule has 4 N–H and O–H groups in total. The molecular formula is C17H32NNaO6. The third kappa shape index (κ3) is 28.4. The second kappa shape index (κ2) is 21.4. The van der Waals surface area contributed by atoms with Crippen LogP contribution in [0.25, 0.3) is 0 Å². The van der Waals surface area contributed by atoms with E-state index in [9.17, 15) is 19.5 Å². The second-order valence-electron chi connectivity index (χ2n) is 5.83. The molecule has 0 saturated heterocycles. The Hall–Kier alpha value is -0.630. The van der Waals surface area contributed by atoms with Crippen molar-refractivity contribution in [1.29, 1.82) is 0 Å². The second-order valence-corrected chi connectivity index (χ2v) is 5.83. The molecule has 0 aliphatic rings. The number of carbonyl (C=O) groups is 3. The number of carbonyl (C=O) groups excluding carboxylic acids is 1. The van der Waals surface area contributed by atoms with Gasteiger partial charge in [0.25, 0.3) is 0 Å². The molecule has 0 spiro atoms. The van der Waals surface area contributed by atoms with Crippen LogP contribution in [0.15, 0.2) is 0 Å². The molecular weight excluding hydrogens is 337 g/mol. The summed E-state index contributed by atoms with van der Waals surface area (Å²) in [6.45, 7) is 2.23. The Balaban J connectivity index is -0.000000392. The molecule has 0 amide bonds. The van der Waals surface area contributed by atoms with Gasteiger partial charge in [-0.3, -0.25) is 9.59 Å². The van der Waals surface area contributed by atoms with Gasteiger partial charge in [-0.05, 0) is 12.8 Å². The molecule has 0 radical (unpaired) electrons. The smallest absolute Gasteiger partial charge is 0.548 e. The van der Waals surface area contributed by atoms with Crippen molar-refractivity contribution in [2.24, 2.45) is 5.73 Å². The summed E-state index contributed by atoms with van der Waals surface area (Å²) < 4.78 is 0. The van der Waals surface area contributed by atoms with E-state index in [1.165, 1.54) is 44.9 Å². The summed E-state index contributed by atoms with van der Waals surface area (Å²) >= 11 is 0. The van der Waals surface area contributed by atoms with E-state index >= 15 is 0 Å². The summed E-state index contributed by atoms with van der Waals surface area (Å²) in [4.78, 5) is 29.9. The zero-order chi connectivity index (χ0) is 18.8. The quantitative estimate of drug-likeness (QED) is 0.261. The molecule has 0 heterocycles. The van der Waals surface area contributed by atoms with Crippen LogP contribution in [0.3, 0.4) is 0 Å². The fourth-order valence-corrected chi connectivity index (χ4v) is 1.98. The molecule has 0 aromatic carbocycles. The predicted molar refractivity (Wildman–Crippen MR) is 89.3 cm³/mol. The molecule has 142 valence electrons. The van der Waals surface area contributed by atoms with Gasteiger partial charge in [-0.2, -0.15) is 0 Å². The fraction of sp³-hybridized carbons (Fsp3) is 0.824. The molecule has 0 saturated carbocycles. The van der Waals surface area contributed by atoms with Gasteiger partial charge in [0.1, 0.15) is 0 Å². The van der Waals surface area contributed by atoms with Crippen molar-refractivity contribution in [2.75, 3.05) is 0 Å². The molecule has 0 aromatic heterocycles. The first kappa shape index (κ1) is 29.1. The summed E-state index contributed by atoms with van der Waals surface area (Å²) in [6, 6.07) is -1.17. The van der Waals surface area contributed by atoms with Gasteiger partial charge >= 0.3 is 41.5 Å². The molecule has 0 aliphatic heterocycles. The number of carboxylic acid groups (broad SMARTS) is 3. The van der Waals surface area contributed by atoms with Crippen molar-refractivity contribution in [3.63, 3.8) is 0 Å². The van der Waals surface area contributed by atoms with E-state index in [0.29, 0.717) is 6.42 Å². The third-order valence-electron chi connectivity index (χ3n) is 3.47. The normalized spacial score (nSPS) is 10.8. The largest absolute Gasteiger partial charge is 1.00 e. The zero-order valence-electron chi connectivity index (χ0n) is 15.7. The van der Waals surface area contributed by atoms with Crippen LogP contribution in [-0.2, 0) is 14.4 Å². The summed E-state index contributed by atoms with van der Waals surface area (Å²) in [5.74, 6) is -3.13. The Morgan fingerprint density at radius 3 is 1.60 bits per heavy atom. The van der Waals surface area contributed by atoms with Crippen molar-refractivity contribution in [1.82, 2.24) is 0 Å². The molecule has 0 unspecified atom stereocenters. The molecule has 8 heteroatoms. The van der Waals surface area contributed by atoms with Crippen LogP contribution in [0.5, 0.6) is 0 Å². The van der Waals surface area contributed by atoms with E-state index in [2.05, 4.69) is 6.92 Å². The van der Waals surface area contributed by atoms with Crippen LogP contribution in [0.4, 0.5) is 0 Å². The standard InChI is InChI=1S/C12H24O2.C5H9NO4.Na/c1-2-3-4-5-6-7-8-9-10-11-12(13)14;6-3(5(9)10)1-2-4(7)8;/h2-11H2,1H3,(H,13,14);3H,1-2,6H2,(H,7,8)(H,9,10);/q;;+1/p-1/t;3-;/m.0./s1. The van der Waals surface area contributed by atoms with E-state index in [4.69, 9.17) is 15.9 Å². The Kier molecular flexibility index (Phi) is 25.0. The molecule has 0 aliphatic carbocycles. The minimum absolute atomic E-state index is 0. The minimum atomic E-state index is -1.42. The number of aliphatic carboxylic acids is 3. The fourth-order valence-electron chi connectivity index (χ4n) is 1.98. The number of nitrogens with two attached hydrogens (primary N) is 1. The van der Waals surface area contributed by atoms with Gasteiger partial charge in [0.05, 0.1) is 5.97 Å². The Bertz CT molecular complexity index is 352. The molecule has 0 fully saturated rings. The average molecular weight is 369 g/mol. The van der Waals surface area contributed by atoms with Gasteiger partial charge in [0.15, 0.2) is 0 Å². The monoisotopic (exact) mass is 369 g/mol. The maximum atomic E-state index is 10.2. The molecule has 25 heavy (non-hydrogen) atoms. The Morgan fingerprint density at radius 1 is 0.840 bits per heavy atom. The maximum Gasteiger partial charge on any atom is 1.00 e. The number of carboxylic acids is 3. The van der Waals surface area contributed by atoms with Crippen LogP contribution < -0.4 is 40.4 Å².